The first-order chi connectivity index (χ1) is 8.14. The molecule has 0 aliphatic carbocycles. The van der Waals surface area contributed by atoms with Crippen molar-refractivity contribution >= 4 is 0 Å². The molecule has 1 rings (SSSR count). The molecule has 0 aromatic heterocycles. The van der Waals surface area contributed by atoms with Gasteiger partial charge in [-0.1, -0.05) is 25.7 Å². The lowest BCUT2D eigenvalue weighted by atomic mass is 9.96. The van der Waals surface area contributed by atoms with Gasteiger partial charge in [-0.15, -0.1) is 0 Å². The Balaban J connectivity index is 2.20. The van der Waals surface area contributed by atoms with E-state index in [0.29, 0.717) is 13.0 Å². The van der Waals surface area contributed by atoms with Crippen LogP contribution < -0.4 is 0 Å². The van der Waals surface area contributed by atoms with Crippen LogP contribution in [0, 0.1) is 12.0 Å². The molecule has 0 saturated carbocycles. The van der Waals surface area contributed by atoms with Crippen molar-refractivity contribution in [3.8, 4) is 12.0 Å². The number of hydrogen-bond acceptors (Lipinski definition) is 3. The lowest BCUT2D eigenvalue weighted by Gasteiger charge is -2.20. The standard InChI is InChI=1S/C14H24O3/c1-3-4-8-14(2,15)9-6-11-17-13-7-5-10-16-12-13/h13,15H,3-5,7-10,12H2,1-2H3. The number of rotatable bonds is 5. The number of hydrogen-bond donors (Lipinski definition) is 1. The van der Waals surface area contributed by atoms with Crippen LogP contribution in [0.15, 0.2) is 0 Å². The zero-order chi connectivity index (χ0) is 12.6. The first-order valence-corrected chi connectivity index (χ1v) is 6.58. The fourth-order valence-electron chi connectivity index (χ4n) is 1.80. The Morgan fingerprint density at radius 3 is 3.00 bits per heavy atom. The molecule has 0 spiro atoms. The molecular weight excluding hydrogens is 216 g/mol. The summed E-state index contributed by atoms with van der Waals surface area (Å²) in [5.41, 5.74) is -0.685. The second kappa shape index (κ2) is 7.58. The van der Waals surface area contributed by atoms with Gasteiger partial charge in [-0.2, -0.15) is 0 Å². The van der Waals surface area contributed by atoms with Gasteiger partial charge in [0.25, 0.3) is 0 Å². The SMILES string of the molecule is CCCCC(C)(O)CC#COC1CCCOC1. The van der Waals surface area contributed by atoms with E-state index < -0.39 is 5.60 Å². The molecular formula is C14H24O3. The van der Waals surface area contributed by atoms with E-state index >= 15 is 0 Å². The Morgan fingerprint density at radius 2 is 2.35 bits per heavy atom. The minimum absolute atomic E-state index is 0.108. The molecule has 2 atom stereocenters. The molecule has 1 aliphatic heterocycles. The molecule has 0 amide bonds. The average molecular weight is 240 g/mol. The molecule has 3 heteroatoms. The van der Waals surface area contributed by atoms with Crippen molar-refractivity contribution < 1.29 is 14.6 Å². The van der Waals surface area contributed by atoms with Gasteiger partial charge in [0, 0.05) is 13.0 Å². The highest BCUT2D eigenvalue weighted by molar-refractivity contribution is 4.98. The second-order valence-corrected chi connectivity index (χ2v) is 5.01. The van der Waals surface area contributed by atoms with Crippen molar-refractivity contribution in [3.05, 3.63) is 0 Å². The predicted molar refractivity (Wildman–Crippen MR) is 67.5 cm³/mol. The largest absolute Gasteiger partial charge is 0.441 e. The van der Waals surface area contributed by atoms with Gasteiger partial charge in [-0.25, -0.2) is 0 Å². The van der Waals surface area contributed by atoms with Crippen LogP contribution in [0.2, 0.25) is 0 Å². The van der Waals surface area contributed by atoms with Crippen LogP contribution in [0.5, 0.6) is 0 Å². The van der Waals surface area contributed by atoms with Gasteiger partial charge in [-0.05, 0) is 26.2 Å². The summed E-state index contributed by atoms with van der Waals surface area (Å²) in [5, 5.41) is 10.00. The molecule has 98 valence electrons. The molecule has 1 N–H and O–H groups in total. The third kappa shape index (κ3) is 6.55. The van der Waals surface area contributed by atoms with Gasteiger partial charge in [0.2, 0.25) is 0 Å². The summed E-state index contributed by atoms with van der Waals surface area (Å²) >= 11 is 0. The van der Waals surface area contributed by atoms with Crippen molar-refractivity contribution in [1.82, 2.24) is 0 Å². The van der Waals surface area contributed by atoms with Crippen molar-refractivity contribution in [2.24, 2.45) is 0 Å². The lowest BCUT2D eigenvalue weighted by molar-refractivity contribution is -0.00604. The average Bonchev–Trinajstić information content (AvgIpc) is 2.34. The quantitative estimate of drug-likeness (QED) is 0.750. The van der Waals surface area contributed by atoms with E-state index in [1.807, 2.05) is 6.92 Å². The Morgan fingerprint density at radius 1 is 1.53 bits per heavy atom. The van der Waals surface area contributed by atoms with Gasteiger partial charge >= 0.3 is 0 Å². The predicted octanol–water partition coefficient (Wildman–Crippen LogP) is 2.47. The summed E-state index contributed by atoms with van der Waals surface area (Å²) in [4.78, 5) is 0. The summed E-state index contributed by atoms with van der Waals surface area (Å²) in [6, 6.07) is 0. The van der Waals surface area contributed by atoms with E-state index in [4.69, 9.17) is 9.47 Å². The maximum absolute atomic E-state index is 10.00. The highest BCUT2D eigenvalue weighted by Crippen LogP contribution is 2.17. The Kier molecular flexibility index (Phi) is 6.39. The topological polar surface area (TPSA) is 38.7 Å². The highest BCUT2D eigenvalue weighted by Gasteiger charge is 2.18. The summed E-state index contributed by atoms with van der Waals surface area (Å²) in [7, 11) is 0. The Labute approximate surface area is 104 Å². The van der Waals surface area contributed by atoms with Gasteiger partial charge in [0.1, 0.15) is 12.2 Å². The fraction of sp³-hybridized carbons (Fsp3) is 0.857. The number of aliphatic hydroxyl groups is 1. The van der Waals surface area contributed by atoms with E-state index in [0.717, 1.165) is 38.7 Å². The molecule has 17 heavy (non-hydrogen) atoms. The van der Waals surface area contributed by atoms with E-state index in [9.17, 15) is 5.11 Å². The highest BCUT2D eigenvalue weighted by atomic mass is 16.5. The number of unbranched alkanes of at least 4 members (excludes halogenated alkanes) is 1. The van der Waals surface area contributed by atoms with Gasteiger partial charge in [-0.3, -0.25) is 0 Å². The van der Waals surface area contributed by atoms with Crippen LogP contribution in [0.25, 0.3) is 0 Å². The summed E-state index contributed by atoms with van der Waals surface area (Å²) in [5.74, 6) is 2.90. The molecule has 0 bridgehead atoms. The van der Waals surface area contributed by atoms with Crippen molar-refractivity contribution in [2.75, 3.05) is 13.2 Å². The van der Waals surface area contributed by atoms with Crippen molar-refractivity contribution in [1.29, 1.82) is 0 Å². The fourth-order valence-corrected chi connectivity index (χ4v) is 1.80. The van der Waals surface area contributed by atoms with Crippen LogP contribution in [0.1, 0.15) is 52.4 Å². The minimum atomic E-state index is -0.685. The van der Waals surface area contributed by atoms with Crippen LogP contribution in [0.3, 0.4) is 0 Å². The molecule has 0 radical (unpaired) electrons. The first kappa shape index (κ1) is 14.3. The molecule has 2 unspecified atom stereocenters. The molecule has 1 saturated heterocycles. The van der Waals surface area contributed by atoms with Crippen LogP contribution in [-0.4, -0.2) is 30.0 Å². The van der Waals surface area contributed by atoms with Gasteiger partial charge < -0.3 is 14.6 Å². The normalized spacial score (nSPS) is 23.4. The summed E-state index contributed by atoms with van der Waals surface area (Å²) in [6.07, 6.45) is 8.26. The van der Waals surface area contributed by atoms with E-state index in [-0.39, 0.29) is 6.10 Å². The zero-order valence-corrected chi connectivity index (χ0v) is 11.0. The molecule has 0 aromatic rings. The molecule has 1 fully saturated rings. The first-order valence-electron chi connectivity index (χ1n) is 6.58. The maximum Gasteiger partial charge on any atom is 0.134 e. The van der Waals surface area contributed by atoms with E-state index in [1.54, 1.807) is 0 Å². The maximum atomic E-state index is 10.00. The Hall–Kier alpha value is -0.720. The van der Waals surface area contributed by atoms with Gasteiger partial charge in [0.05, 0.1) is 12.2 Å². The zero-order valence-electron chi connectivity index (χ0n) is 11.0. The molecule has 1 aliphatic rings. The molecule has 3 nitrogen and oxygen atoms in total. The van der Waals surface area contributed by atoms with E-state index in [1.165, 1.54) is 0 Å². The second-order valence-electron chi connectivity index (χ2n) is 5.01. The monoisotopic (exact) mass is 240 g/mol. The third-order valence-electron chi connectivity index (χ3n) is 2.95. The van der Waals surface area contributed by atoms with Crippen LogP contribution in [0.4, 0.5) is 0 Å². The third-order valence-corrected chi connectivity index (χ3v) is 2.95. The molecule has 0 aromatic carbocycles. The van der Waals surface area contributed by atoms with Crippen LogP contribution in [-0.2, 0) is 9.47 Å². The Bertz CT molecular complexity index is 256. The van der Waals surface area contributed by atoms with Gasteiger partial charge in [0.15, 0.2) is 0 Å². The van der Waals surface area contributed by atoms with Crippen LogP contribution >= 0.6 is 0 Å². The molecule has 1 heterocycles. The summed E-state index contributed by atoms with van der Waals surface area (Å²) < 4.78 is 10.7. The minimum Gasteiger partial charge on any atom is -0.441 e. The van der Waals surface area contributed by atoms with E-state index in [2.05, 4.69) is 19.0 Å². The number of ether oxygens (including phenoxy) is 2. The van der Waals surface area contributed by atoms with Crippen molar-refractivity contribution in [3.63, 3.8) is 0 Å². The summed E-state index contributed by atoms with van der Waals surface area (Å²) in [6.45, 7) is 5.43. The lowest BCUT2D eigenvalue weighted by Crippen LogP contribution is -2.24. The van der Waals surface area contributed by atoms with Crippen molar-refractivity contribution in [2.45, 2.75) is 64.1 Å². The smallest absolute Gasteiger partial charge is 0.134 e.